The number of nitrogens with zero attached hydrogens (tertiary/aromatic N) is 1. The van der Waals surface area contributed by atoms with E-state index in [1.54, 1.807) is 25.3 Å². The molecule has 0 radical (unpaired) electrons. The molecule has 10 heteroatoms. The zero-order chi connectivity index (χ0) is 21.0. The molecule has 2 aromatic rings. The summed E-state index contributed by atoms with van der Waals surface area (Å²) >= 11 is 14.3. The van der Waals surface area contributed by atoms with Crippen LogP contribution in [-0.2, 0) is 10.0 Å². The number of rotatable bonds is 7. The van der Waals surface area contributed by atoms with E-state index in [1.807, 2.05) is 0 Å². The molecule has 2 N–H and O–H groups in total. The number of hydrogen-bond acceptors (Lipinski definition) is 5. The maximum absolute atomic E-state index is 12.8. The number of piperidine rings is 1. The molecule has 6 nitrogen and oxygen atoms in total. The molecule has 0 bridgehead atoms. The number of hydrogen-bond donors (Lipinski definition) is 2. The van der Waals surface area contributed by atoms with Gasteiger partial charge in [-0.2, -0.15) is 0 Å². The van der Waals surface area contributed by atoms with Crippen LogP contribution in [0.5, 0.6) is 5.75 Å². The van der Waals surface area contributed by atoms with Crippen LogP contribution >= 0.6 is 45.8 Å². The maximum Gasteiger partial charge on any atom is 0.263 e. The summed E-state index contributed by atoms with van der Waals surface area (Å²) in [4.78, 5) is 2.37. The van der Waals surface area contributed by atoms with Gasteiger partial charge in [0.2, 0.25) is 0 Å². The number of sulfonamides is 1. The molecule has 0 unspecified atom stereocenters. The van der Waals surface area contributed by atoms with Gasteiger partial charge in [-0.3, -0.25) is 9.62 Å². The van der Waals surface area contributed by atoms with Crippen LogP contribution in [0.3, 0.4) is 0 Å². The van der Waals surface area contributed by atoms with Crippen LogP contribution in [0.4, 0.5) is 11.4 Å². The third kappa shape index (κ3) is 5.81. The molecular formula is C19H22Cl2IN3O3S. The number of nitrogens with one attached hydrogen (secondary N) is 2. The van der Waals surface area contributed by atoms with E-state index in [9.17, 15) is 8.42 Å². The summed E-state index contributed by atoms with van der Waals surface area (Å²) in [6, 6.07) is 9.72. The second kappa shape index (κ2) is 9.91. The van der Waals surface area contributed by atoms with Crippen molar-refractivity contribution in [3.05, 3.63) is 46.4 Å². The van der Waals surface area contributed by atoms with Crippen LogP contribution in [-0.4, -0.2) is 44.1 Å². The highest BCUT2D eigenvalue weighted by atomic mass is 127. The molecule has 1 saturated heterocycles. The first kappa shape index (κ1) is 22.7. The van der Waals surface area contributed by atoms with E-state index in [0.29, 0.717) is 22.5 Å². The molecule has 0 spiro atoms. The van der Waals surface area contributed by atoms with Gasteiger partial charge in [0, 0.05) is 24.2 Å². The normalized spacial score (nSPS) is 15.9. The van der Waals surface area contributed by atoms with Gasteiger partial charge >= 0.3 is 0 Å². The highest BCUT2D eigenvalue weighted by molar-refractivity contribution is 14.1. The van der Waals surface area contributed by atoms with E-state index >= 15 is 0 Å². The fourth-order valence-electron chi connectivity index (χ4n) is 3.20. The summed E-state index contributed by atoms with van der Waals surface area (Å²) < 4.78 is 34.6. The van der Waals surface area contributed by atoms with Crippen molar-refractivity contribution in [3.8, 4) is 5.75 Å². The van der Waals surface area contributed by atoms with Crippen LogP contribution < -0.4 is 14.8 Å². The number of likely N-dealkylation sites (tertiary alicyclic amines) is 1. The number of ether oxygens (including phenoxy) is 1. The summed E-state index contributed by atoms with van der Waals surface area (Å²) in [6.45, 7) is 2.06. The summed E-state index contributed by atoms with van der Waals surface area (Å²) in [5, 5.41) is 3.94. The van der Waals surface area contributed by atoms with Crippen LogP contribution in [0.1, 0.15) is 12.8 Å². The van der Waals surface area contributed by atoms with Crippen LogP contribution in [0.2, 0.25) is 10.0 Å². The van der Waals surface area contributed by atoms with E-state index in [4.69, 9.17) is 27.9 Å². The van der Waals surface area contributed by atoms with Crippen molar-refractivity contribution in [2.75, 3.05) is 34.8 Å². The van der Waals surface area contributed by atoms with Crippen LogP contribution in [0, 0.1) is 0 Å². The molecule has 29 heavy (non-hydrogen) atoms. The fraction of sp³-hybridized carbons (Fsp3) is 0.368. The first-order valence-corrected chi connectivity index (χ1v) is 12.8. The molecular weight excluding hydrogens is 548 g/mol. The van der Waals surface area contributed by atoms with Gasteiger partial charge in [-0.1, -0.05) is 45.8 Å². The Morgan fingerprint density at radius 2 is 1.90 bits per heavy atom. The number of alkyl halides is 1. The zero-order valence-corrected chi connectivity index (χ0v) is 20.3. The minimum atomic E-state index is -3.86. The van der Waals surface area contributed by atoms with E-state index in [1.165, 1.54) is 18.2 Å². The fourth-order valence-corrected chi connectivity index (χ4v) is 5.71. The maximum atomic E-state index is 12.8. The van der Waals surface area contributed by atoms with E-state index in [-0.39, 0.29) is 9.92 Å². The topological polar surface area (TPSA) is 70.7 Å². The summed E-state index contributed by atoms with van der Waals surface area (Å²) in [6.07, 6.45) is 2.03. The monoisotopic (exact) mass is 569 g/mol. The molecule has 1 heterocycles. The van der Waals surface area contributed by atoms with E-state index in [0.717, 1.165) is 36.2 Å². The second-order valence-corrected chi connectivity index (χ2v) is 9.93. The van der Waals surface area contributed by atoms with Crippen molar-refractivity contribution in [1.29, 1.82) is 0 Å². The molecule has 0 aromatic heterocycles. The highest BCUT2D eigenvalue weighted by Crippen LogP contribution is 2.32. The van der Waals surface area contributed by atoms with Crippen molar-refractivity contribution in [3.63, 3.8) is 0 Å². The average molecular weight is 570 g/mol. The van der Waals surface area contributed by atoms with Crippen molar-refractivity contribution in [2.45, 2.75) is 23.8 Å². The number of halogens is 3. The van der Waals surface area contributed by atoms with Gasteiger partial charge in [-0.05, 0) is 49.2 Å². The predicted molar refractivity (Wildman–Crippen MR) is 127 cm³/mol. The van der Waals surface area contributed by atoms with Crippen LogP contribution in [0.25, 0.3) is 0 Å². The van der Waals surface area contributed by atoms with Gasteiger partial charge < -0.3 is 10.1 Å². The van der Waals surface area contributed by atoms with Crippen molar-refractivity contribution in [2.24, 2.45) is 0 Å². The van der Waals surface area contributed by atoms with E-state index < -0.39 is 10.0 Å². The van der Waals surface area contributed by atoms with E-state index in [2.05, 4.69) is 37.5 Å². The van der Waals surface area contributed by atoms with Crippen molar-refractivity contribution >= 4 is 67.2 Å². The quantitative estimate of drug-likeness (QED) is 0.277. The molecule has 1 aliphatic heterocycles. The molecule has 158 valence electrons. The number of methoxy groups -OCH3 is 1. The summed E-state index contributed by atoms with van der Waals surface area (Å²) in [5.74, 6) is 0.661. The minimum absolute atomic E-state index is 0.0277. The first-order valence-electron chi connectivity index (χ1n) is 9.03. The number of anilines is 2. The third-order valence-electron chi connectivity index (χ3n) is 4.75. The smallest absolute Gasteiger partial charge is 0.263 e. The Morgan fingerprint density at radius 1 is 1.17 bits per heavy atom. The lowest BCUT2D eigenvalue weighted by Gasteiger charge is -2.32. The van der Waals surface area contributed by atoms with Crippen LogP contribution in [0.15, 0.2) is 41.3 Å². The van der Waals surface area contributed by atoms with Gasteiger partial charge in [-0.15, -0.1) is 0 Å². The Morgan fingerprint density at radius 3 is 2.52 bits per heavy atom. The standard InChI is InChI=1S/C19H22Cl2IN3O3S/c1-28-18-4-3-15(11-17(18)23-14-6-8-25(12-22)9-7-14)24-29(26,27)19-5-2-13(20)10-16(19)21/h2-5,10-11,14,23-24H,6-9,12H2,1H3. The first-order chi connectivity index (χ1) is 13.8. The summed E-state index contributed by atoms with van der Waals surface area (Å²) in [5.41, 5.74) is 1.17. The van der Waals surface area contributed by atoms with Crippen molar-refractivity contribution < 1.29 is 13.2 Å². The predicted octanol–water partition coefficient (Wildman–Crippen LogP) is 5.07. The summed E-state index contributed by atoms with van der Waals surface area (Å²) in [7, 11) is -2.26. The Balaban J connectivity index is 1.79. The Labute approximate surface area is 195 Å². The van der Waals surface area contributed by atoms with Crippen molar-refractivity contribution in [1.82, 2.24) is 4.90 Å². The highest BCUT2D eigenvalue weighted by Gasteiger charge is 2.21. The second-order valence-electron chi connectivity index (χ2n) is 6.75. The lowest BCUT2D eigenvalue weighted by Crippen LogP contribution is -2.38. The Kier molecular flexibility index (Phi) is 7.77. The Hall–Kier alpha value is -0.940. The molecule has 3 rings (SSSR count). The molecule has 1 fully saturated rings. The Bertz CT molecular complexity index is 967. The lowest BCUT2D eigenvalue weighted by molar-refractivity contribution is 0.259. The molecule has 2 aromatic carbocycles. The molecule has 1 aliphatic rings. The van der Waals surface area contributed by atoms with Gasteiger partial charge in [0.1, 0.15) is 10.6 Å². The third-order valence-corrected chi connectivity index (χ3v) is 7.82. The molecule has 0 atom stereocenters. The molecule has 0 saturated carbocycles. The molecule has 0 amide bonds. The largest absolute Gasteiger partial charge is 0.495 e. The number of benzene rings is 2. The SMILES string of the molecule is COc1ccc(NS(=O)(=O)c2ccc(Cl)cc2Cl)cc1NC1CCN(CI)CC1. The van der Waals surface area contributed by atoms with Gasteiger partial charge in [-0.25, -0.2) is 8.42 Å². The van der Waals surface area contributed by atoms with Gasteiger partial charge in [0.05, 0.1) is 28.1 Å². The average Bonchev–Trinajstić information content (AvgIpc) is 2.68. The van der Waals surface area contributed by atoms with Gasteiger partial charge in [0.25, 0.3) is 10.0 Å². The molecule has 0 aliphatic carbocycles. The van der Waals surface area contributed by atoms with Gasteiger partial charge in [0.15, 0.2) is 0 Å². The zero-order valence-electron chi connectivity index (χ0n) is 15.8. The minimum Gasteiger partial charge on any atom is -0.495 e. The lowest BCUT2D eigenvalue weighted by atomic mass is 10.0.